The second-order valence-electron chi connectivity index (χ2n) is 5.32. The first-order valence-electron chi connectivity index (χ1n) is 6.97. The summed E-state index contributed by atoms with van der Waals surface area (Å²) in [5.74, 6) is 0.352. The Labute approximate surface area is 108 Å². The lowest BCUT2D eigenvalue weighted by Gasteiger charge is -2.44. The molecule has 0 radical (unpaired) electrons. The number of aryl methyl sites for hydroxylation is 1. The van der Waals surface area contributed by atoms with E-state index >= 15 is 0 Å². The van der Waals surface area contributed by atoms with Crippen molar-refractivity contribution in [3.05, 3.63) is 29.3 Å². The summed E-state index contributed by atoms with van der Waals surface area (Å²) < 4.78 is 5.99. The molecule has 1 N–H and O–H groups in total. The maximum Gasteiger partial charge on any atom is 0.115 e. The minimum atomic E-state index is 0.154. The monoisotopic (exact) mass is 247 g/mol. The standard InChI is InChI=1S/C15H21NO2/c1-2-7-16-8-9-18-15-13-10-12(17)5-3-11(13)4-6-14(15)16/h3,5,10,14-15,17H,2,4,6-9H2,1H3/t14-,15?/m0/s1. The molecule has 98 valence electrons. The Bertz CT molecular complexity index is 431. The van der Waals surface area contributed by atoms with Gasteiger partial charge in [0.1, 0.15) is 5.75 Å². The summed E-state index contributed by atoms with van der Waals surface area (Å²) in [6, 6.07) is 6.21. The molecule has 3 heteroatoms. The van der Waals surface area contributed by atoms with Gasteiger partial charge < -0.3 is 9.84 Å². The predicted molar refractivity (Wildman–Crippen MR) is 70.8 cm³/mol. The molecule has 3 rings (SSSR count). The first-order valence-corrected chi connectivity index (χ1v) is 6.97. The summed E-state index contributed by atoms with van der Waals surface area (Å²) in [6.45, 7) is 5.23. The van der Waals surface area contributed by atoms with E-state index in [1.54, 1.807) is 6.07 Å². The number of benzene rings is 1. The van der Waals surface area contributed by atoms with Gasteiger partial charge in [-0.1, -0.05) is 13.0 Å². The quantitative estimate of drug-likeness (QED) is 0.871. The summed E-state index contributed by atoms with van der Waals surface area (Å²) in [7, 11) is 0. The zero-order chi connectivity index (χ0) is 12.5. The van der Waals surface area contributed by atoms with Crippen molar-refractivity contribution in [1.29, 1.82) is 0 Å². The van der Waals surface area contributed by atoms with Gasteiger partial charge in [-0.25, -0.2) is 0 Å². The number of ether oxygens (including phenoxy) is 1. The zero-order valence-electron chi connectivity index (χ0n) is 10.9. The van der Waals surface area contributed by atoms with E-state index in [1.165, 1.54) is 24.0 Å². The van der Waals surface area contributed by atoms with Crippen molar-refractivity contribution in [2.45, 2.75) is 38.3 Å². The van der Waals surface area contributed by atoms with E-state index in [0.717, 1.165) is 26.1 Å². The van der Waals surface area contributed by atoms with Crippen LogP contribution in [0.2, 0.25) is 0 Å². The Hall–Kier alpha value is -1.06. The third kappa shape index (κ3) is 2.02. The zero-order valence-corrected chi connectivity index (χ0v) is 10.9. The third-order valence-electron chi connectivity index (χ3n) is 4.15. The van der Waals surface area contributed by atoms with Gasteiger partial charge in [-0.2, -0.15) is 0 Å². The Morgan fingerprint density at radius 3 is 3.17 bits per heavy atom. The van der Waals surface area contributed by atoms with Gasteiger partial charge in [-0.05, 0) is 49.1 Å². The van der Waals surface area contributed by atoms with Crippen molar-refractivity contribution in [2.75, 3.05) is 19.7 Å². The van der Waals surface area contributed by atoms with E-state index in [0.29, 0.717) is 11.8 Å². The smallest absolute Gasteiger partial charge is 0.115 e. The van der Waals surface area contributed by atoms with Crippen molar-refractivity contribution in [3.8, 4) is 5.75 Å². The topological polar surface area (TPSA) is 32.7 Å². The molecule has 0 amide bonds. The van der Waals surface area contributed by atoms with Crippen LogP contribution in [-0.4, -0.2) is 35.7 Å². The highest BCUT2D eigenvalue weighted by Gasteiger charge is 2.36. The van der Waals surface area contributed by atoms with Crippen LogP contribution < -0.4 is 0 Å². The van der Waals surface area contributed by atoms with Gasteiger partial charge in [-0.3, -0.25) is 4.90 Å². The lowest BCUT2D eigenvalue weighted by atomic mass is 9.84. The van der Waals surface area contributed by atoms with Gasteiger partial charge in [0.25, 0.3) is 0 Å². The Balaban J connectivity index is 1.91. The van der Waals surface area contributed by atoms with Gasteiger partial charge in [0.05, 0.1) is 12.7 Å². The second kappa shape index (κ2) is 4.90. The summed E-state index contributed by atoms with van der Waals surface area (Å²) in [4.78, 5) is 2.56. The highest BCUT2D eigenvalue weighted by atomic mass is 16.5. The van der Waals surface area contributed by atoms with Gasteiger partial charge in [-0.15, -0.1) is 0 Å². The molecular weight excluding hydrogens is 226 g/mol. The highest BCUT2D eigenvalue weighted by molar-refractivity contribution is 5.39. The van der Waals surface area contributed by atoms with E-state index < -0.39 is 0 Å². The number of rotatable bonds is 2. The average molecular weight is 247 g/mol. The lowest BCUT2D eigenvalue weighted by molar-refractivity contribution is -0.0801. The Morgan fingerprint density at radius 2 is 2.33 bits per heavy atom. The molecule has 2 aliphatic rings. The molecular formula is C15H21NO2. The summed E-state index contributed by atoms with van der Waals surface area (Å²) in [5, 5.41) is 9.68. The minimum absolute atomic E-state index is 0.154. The van der Waals surface area contributed by atoms with Gasteiger partial charge in [0, 0.05) is 12.6 Å². The van der Waals surface area contributed by atoms with Crippen LogP contribution in [-0.2, 0) is 11.2 Å². The van der Waals surface area contributed by atoms with Crippen LogP contribution >= 0.6 is 0 Å². The van der Waals surface area contributed by atoms with E-state index in [2.05, 4.69) is 11.8 Å². The summed E-state index contributed by atoms with van der Waals surface area (Å²) in [5.41, 5.74) is 2.54. The maximum atomic E-state index is 9.68. The molecule has 0 saturated carbocycles. The van der Waals surface area contributed by atoms with Crippen LogP contribution in [0.1, 0.15) is 37.0 Å². The number of fused-ring (bicyclic) bond motifs is 3. The first kappa shape index (κ1) is 12.0. The van der Waals surface area contributed by atoms with E-state index in [9.17, 15) is 5.11 Å². The molecule has 1 aromatic rings. The molecule has 0 spiro atoms. The predicted octanol–water partition coefficient (Wildman–Crippen LogP) is 2.49. The minimum Gasteiger partial charge on any atom is -0.508 e. The molecule has 1 aliphatic heterocycles. The third-order valence-corrected chi connectivity index (χ3v) is 4.15. The van der Waals surface area contributed by atoms with E-state index in [4.69, 9.17) is 4.74 Å². The highest BCUT2D eigenvalue weighted by Crippen LogP contribution is 2.39. The molecule has 1 saturated heterocycles. The van der Waals surface area contributed by atoms with Crippen LogP contribution in [0.3, 0.4) is 0 Å². The molecule has 0 bridgehead atoms. The van der Waals surface area contributed by atoms with Crippen LogP contribution in [0.4, 0.5) is 0 Å². The Morgan fingerprint density at radius 1 is 1.44 bits per heavy atom. The fourth-order valence-electron chi connectivity index (χ4n) is 3.34. The van der Waals surface area contributed by atoms with E-state index in [-0.39, 0.29) is 6.10 Å². The molecule has 1 fully saturated rings. The molecule has 0 aromatic heterocycles. The van der Waals surface area contributed by atoms with Crippen LogP contribution in [0.25, 0.3) is 0 Å². The molecule has 3 nitrogen and oxygen atoms in total. The van der Waals surface area contributed by atoms with E-state index in [1.807, 2.05) is 12.1 Å². The summed E-state index contributed by atoms with van der Waals surface area (Å²) >= 11 is 0. The summed E-state index contributed by atoms with van der Waals surface area (Å²) in [6.07, 6.45) is 3.61. The van der Waals surface area contributed by atoms with Crippen LogP contribution in [0.5, 0.6) is 5.75 Å². The van der Waals surface area contributed by atoms with Gasteiger partial charge in [0.2, 0.25) is 0 Å². The van der Waals surface area contributed by atoms with Gasteiger partial charge >= 0.3 is 0 Å². The second-order valence-corrected chi connectivity index (χ2v) is 5.32. The molecule has 1 heterocycles. The number of hydrogen-bond donors (Lipinski definition) is 1. The fourth-order valence-corrected chi connectivity index (χ4v) is 3.34. The van der Waals surface area contributed by atoms with Crippen molar-refractivity contribution in [2.24, 2.45) is 0 Å². The average Bonchev–Trinajstić information content (AvgIpc) is 2.39. The number of phenolic OH excluding ortho intramolecular Hbond substituents is 1. The number of nitrogens with zero attached hydrogens (tertiary/aromatic N) is 1. The first-order chi connectivity index (χ1) is 8.79. The van der Waals surface area contributed by atoms with Crippen LogP contribution in [0.15, 0.2) is 18.2 Å². The number of hydrogen-bond acceptors (Lipinski definition) is 3. The molecule has 1 unspecified atom stereocenters. The van der Waals surface area contributed by atoms with Crippen molar-refractivity contribution in [3.63, 3.8) is 0 Å². The molecule has 1 aliphatic carbocycles. The lowest BCUT2D eigenvalue weighted by Crippen LogP contribution is -2.49. The number of morpholine rings is 1. The van der Waals surface area contributed by atoms with Crippen molar-refractivity contribution >= 4 is 0 Å². The SMILES string of the molecule is CCCN1CCOC2c3cc(O)ccc3CC[C@@H]21. The van der Waals surface area contributed by atoms with Gasteiger partial charge in [0.15, 0.2) is 0 Å². The maximum absolute atomic E-state index is 9.68. The van der Waals surface area contributed by atoms with Crippen molar-refractivity contribution in [1.82, 2.24) is 4.90 Å². The molecule has 1 aromatic carbocycles. The molecule has 2 atom stereocenters. The largest absolute Gasteiger partial charge is 0.508 e. The fraction of sp³-hybridized carbons (Fsp3) is 0.600. The molecule has 18 heavy (non-hydrogen) atoms. The van der Waals surface area contributed by atoms with Crippen LogP contribution in [0, 0.1) is 0 Å². The number of phenols is 1. The normalized spacial score (nSPS) is 27.6. The number of aromatic hydroxyl groups is 1. The Kier molecular flexibility index (Phi) is 3.27. The van der Waals surface area contributed by atoms with Crippen molar-refractivity contribution < 1.29 is 9.84 Å².